The largest absolute Gasteiger partial charge is 0.445 e. The van der Waals surface area contributed by atoms with E-state index in [4.69, 9.17) is 9.47 Å². The molecule has 2 rings (SSSR count). The van der Waals surface area contributed by atoms with Crippen molar-refractivity contribution in [1.82, 2.24) is 21.3 Å². The maximum atomic E-state index is 13.3. The summed E-state index contributed by atoms with van der Waals surface area (Å²) in [7, 11) is 1.26. The zero-order valence-corrected chi connectivity index (χ0v) is 22.5. The van der Waals surface area contributed by atoms with Gasteiger partial charge in [-0.3, -0.25) is 14.4 Å². The lowest BCUT2D eigenvalue weighted by Gasteiger charge is -2.27. The number of carbonyl (C=O) groups excluding carboxylic acids is 4. The number of carbonyl (C=O) groups is 4. The summed E-state index contributed by atoms with van der Waals surface area (Å²) in [4.78, 5) is 49.9. The van der Waals surface area contributed by atoms with E-state index in [-0.39, 0.29) is 25.5 Å². The van der Waals surface area contributed by atoms with Gasteiger partial charge in [0.1, 0.15) is 18.7 Å². The van der Waals surface area contributed by atoms with Crippen LogP contribution >= 0.6 is 0 Å². The van der Waals surface area contributed by atoms with Gasteiger partial charge >= 0.3 is 6.09 Å². The second-order valence-corrected chi connectivity index (χ2v) is 9.41. The Morgan fingerprint density at radius 3 is 2.03 bits per heavy atom. The number of ether oxygens (including phenoxy) is 2. The zero-order chi connectivity index (χ0) is 28.6. The van der Waals surface area contributed by atoms with Crippen LogP contribution in [0.15, 0.2) is 60.7 Å². The van der Waals surface area contributed by atoms with Crippen molar-refractivity contribution in [2.45, 2.75) is 57.7 Å². The van der Waals surface area contributed by atoms with Gasteiger partial charge in [-0.2, -0.15) is 0 Å². The summed E-state index contributed by atoms with van der Waals surface area (Å²) in [5.74, 6) is -1.12. The van der Waals surface area contributed by atoms with Crippen molar-refractivity contribution in [2.75, 3.05) is 13.7 Å². The maximum absolute atomic E-state index is 13.3. The second kappa shape index (κ2) is 16.8. The number of amides is 4. The Bertz CT molecular complexity index is 1040. The first kappa shape index (κ1) is 31.3. The normalized spacial score (nSPS) is 13.9. The Morgan fingerprint density at radius 1 is 0.872 bits per heavy atom. The predicted molar refractivity (Wildman–Crippen MR) is 144 cm³/mol. The van der Waals surface area contributed by atoms with Crippen LogP contribution in [0.4, 0.5) is 4.79 Å². The monoisotopic (exact) mass is 542 g/mol. The summed E-state index contributed by atoms with van der Waals surface area (Å²) in [5.41, 5.74) is 1.58. The summed E-state index contributed by atoms with van der Waals surface area (Å²) in [6, 6.07) is 15.2. The summed E-state index contributed by atoms with van der Waals surface area (Å²) in [6.07, 6.45) is -1.28. The van der Waals surface area contributed by atoms with Gasteiger partial charge in [-0.1, -0.05) is 74.5 Å². The highest BCUT2D eigenvalue weighted by Crippen LogP contribution is 2.09. The van der Waals surface area contributed by atoms with E-state index in [0.29, 0.717) is 12.8 Å². The van der Waals surface area contributed by atoms with E-state index in [1.807, 2.05) is 74.5 Å². The minimum Gasteiger partial charge on any atom is -0.445 e. The smallest absolute Gasteiger partial charge is 0.408 e. The van der Waals surface area contributed by atoms with Gasteiger partial charge in [0.2, 0.25) is 18.2 Å². The zero-order valence-electron chi connectivity index (χ0n) is 22.5. The number of hydrogen-bond donors (Lipinski definition) is 5. The Labute approximate surface area is 228 Å². The molecule has 0 heterocycles. The van der Waals surface area contributed by atoms with E-state index < -0.39 is 42.3 Å². The molecule has 0 aliphatic carbocycles. The molecule has 4 atom stereocenters. The van der Waals surface area contributed by atoms with Crippen LogP contribution in [0.2, 0.25) is 0 Å². The lowest BCUT2D eigenvalue weighted by molar-refractivity contribution is -0.135. The highest BCUT2D eigenvalue weighted by molar-refractivity contribution is 5.91. The third-order valence-electron chi connectivity index (χ3n) is 5.78. The van der Waals surface area contributed by atoms with E-state index >= 15 is 0 Å². The van der Waals surface area contributed by atoms with Crippen LogP contribution in [0, 0.1) is 5.92 Å². The maximum Gasteiger partial charge on any atom is 0.408 e. The number of alkyl carbamates (subject to hydrolysis) is 1. The number of hydrogen-bond acceptors (Lipinski definition) is 7. The topological polar surface area (TPSA) is 155 Å². The second-order valence-electron chi connectivity index (χ2n) is 9.41. The molecule has 1 unspecified atom stereocenters. The minimum atomic E-state index is -1.40. The van der Waals surface area contributed by atoms with Crippen molar-refractivity contribution in [2.24, 2.45) is 5.92 Å². The van der Waals surface area contributed by atoms with Gasteiger partial charge in [0.15, 0.2) is 6.29 Å². The van der Waals surface area contributed by atoms with E-state index in [0.717, 1.165) is 11.1 Å². The van der Waals surface area contributed by atoms with Crippen molar-refractivity contribution in [3.63, 3.8) is 0 Å². The molecule has 0 fully saturated rings. The number of benzene rings is 2. The molecule has 0 aliphatic heterocycles. The van der Waals surface area contributed by atoms with Gasteiger partial charge in [0.25, 0.3) is 0 Å². The highest BCUT2D eigenvalue weighted by atomic mass is 16.6. The van der Waals surface area contributed by atoms with Crippen molar-refractivity contribution < 1.29 is 33.8 Å². The number of aliphatic hydroxyl groups is 1. The van der Waals surface area contributed by atoms with Crippen LogP contribution in [0.1, 0.15) is 31.4 Å². The lowest BCUT2D eigenvalue weighted by atomic mass is 10.0. The van der Waals surface area contributed by atoms with Crippen LogP contribution < -0.4 is 21.3 Å². The summed E-state index contributed by atoms with van der Waals surface area (Å²) >= 11 is 0. The van der Waals surface area contributed by atoms with Crippen LogP contribution in [-0.2, 0) is 36.9 Å². The van der Waals surface area contributed by atoms with Gasteiger partial charge in [-0.05, 0) is 23.5 Å². The Morgan fingerprint density at radius 2 is 1.46 bits per heavy atom. The SMILES string of the molecule is COC(O)[C@H](CNC=O)NC(=O)[C@H](Cc1ccccc1)NC(=O)[C@H](CC(C)C)NC(=O)OCc1ccccc1. The molecule has 2 aromatic carbocycles. The highest BCUT2D eigenvalue weighted by Gasteiger charge is 2.30. The molecule has 0 aliphatic rings. The molecular formula is C28H38N4O7. The summed E-state index contributed by atoms with van der Waals surface area (Å²) in [5, 5.41) is 20.5. The van der Waals surface area contributed by atoms with Crippen molar-refractivity contribution in [3.05, 3.63) is 71.8 Å². The van der Waals surface area contributed by atoms with Crippen LogP contribution in [0.25, 0.3) is 0 Å². The number of nitrogens with one attached hydrogen (secondary N) is 4. The molecule has 0 bridgehead atoms. The molecule has 0 spiro atoms. The first-order valence-corrected chi connectivity index (χ1v) is 12.7. The van der Waals surface area contributed by atoms with Crippen LogP contribution in [-0.4, -0.2) is 67.5 Å². The lowest BCUT2D eigenvalue weighted by Crippen LogP contribution is -2.58. The molecule has 11 heteroatoms. The molecule has 11 nitrogen and oxygen atoms in total. The predicted octanol–water partition coefficient (Wildman–Crippen LogP) is 1.25. The quantitative estimate of drug-likeness (QED) is 0.158. The fraction of sp³-hybridized carbons (Fsp3) is 0.429. The first-order valence-electron chi connectivity index (χ1n) is 12.7. The molecule has 2 aromatic rings. The van der Waals surface area contributed by atoms with Crippen molar-refractivity contribution >= 4 is 24.3 Å². The third-order valence-corrected chi connectivity index (χ3v) is 5.78. The molecule has 0 saturated carbocycles. The number of aliphatic hydroxyl groups excluding tert-OH is 1. The van der Waals surface area contributed by atoms with Crippen LogP contribution in [0.5, 0.6) is 0 Å². The molecular weight excluding hydrogens is 504 g/mol. The fourth-order valence-electron chi connectivity index (χ4n) is 3.79. The number of methoxy groups -OCH3 is 1. The van der Waals surface area contributed by atoms with E-state index in [1.54, 1.807) is 0 Å². The summed E-state index contributed by atoms with van der Waals surface area (Å²) < 4.78 is 10.2. The third kappa shape index (κ3) is 11.5. The van der Waals surface area contributed by atoms with Gasteiger partial charge < -0.3 is 35.8 Å². The Hall–Kier alpha value is -3.96. The average molecular weight is 543 g/mol. The van der Waals surface area contributed by atoms with E-state index in [2.05, 4.69) is 21.3 Å². The molecule has 39 heavy (non-hydrogen) atoms. The Balaban J connectivity index is 2.16. The van der Waals surface area contributed by atoms with Gasteiger partial charge in [0.05, 0.1) is 6.04 Å². The minimum absolute atomic E-state index is 0.0414. The molecule has 0 aromatic heterocycles. The first-order chi connectivity index (χ1) is 18.7. The average Bonchev–Trinajstić information content (AvgIpc) is 2.93. The van der Waals surface area contributed by atoms with Gasteiger partial charge in [-0.15, -0.1) is 0 Å². The van der Waals surface area contributed by atoms with Gasteiger partial charge in [-0.25, -0.2) is 4.79 Å². The molecule has 5 N–H and O–H groups in total. The standard InChI is InChI=1S/C28H38N4O7/c1-19(2)14-22(32-28(37)39-17-21-12-8-5-9-13-21)25(34)30-23(15-20-10-6-4-7-11-20)26(35)31-24(16-29-18-33)27(36)38-3/h4-13,18-19,22-24,27,36H,14-17H2,1-3H3,(H,29,33)(H,30,34)(H,31,35)(H,32,37)/t22-,23-,24-,27?/m0/s1. The molecule has 0 radical (unpaired) electrons. The number of rotatable bonds is 16. The van der Waals surface area contributed by atoms with E-state index in [9.17, 15) is 24.3 Å². The van der Waals surface area contributed by atoms with Crippen molar-refractivity contribution in [1.29, 1.82) is 0 Å². The van der Waals surface area contributed by atoms with E-state index in [1.165, 1.54) is 7.11 Å². The summed E-state index contributed by atoms with van der Waals surface area (Å²) in [6.45, 7) is 3.76. The van der Waals surface area contributed by atoms with Gasteiger partial charge in [0, 0.05) is 20.1 Å². The Kier molecular flexibility index (Phi) is 13.5. The molecule has 0 saturated heterocycles. The molecule has 4 amide bonds. The fourth-order valence-corrected chi connectivity index (χ4v) is 3.79. The molecule has 212 valence electrons. The van der Waals surface area contributed by atoms with Crippen LogP contribution in [0.3, 0.4) is 0 Å². The van der Waals surface area contributed by atoms with Crippen molar-refractivity contribution in [3.8, 4) is 0 Å².